The molecule has 7 heteroatoms. The van der Waals surface area contributed by atoms with Crippen LogP contribution in [0.1, 0.15) is 19.3 Å². The fraction of sp³-hybridized carbons (Fsp3) is 0.500. The number of morpholine rings is 1. The van der Waals surface area contributed by atoms with Crippen molar-refractivity contribution >= 4 is 27.8 Å². The highest BCUT2D eigenvalue weighted by Gasteiger charge is 2.25. The van der Waals surface area contributed by atoms with Gasteiger partial charge in [-0.15, -0.1) is 0 Å². The first-order valence-corrected chi connectivity index (χ1v) is 8.33. The number of hydrogen-bond donors (Lipinski definition) is 1. The second-order valence-corrected chi connectivity index (χ2v) is 6.26. The van der Waals surface area contributed by atoms with E-state index in [1.54, 1.807) is 4.90 Å². The van der Waals surface area contributed by atoms with Crippen LogP contribution in [0.25, 0.3) is 0 Å². The van der Waals surface area contributed by atoms with Gasteiger partial charge in [0.05, 0.1) is 25.7 Å². The summed E-state index contributed by atoms with van der Waals surface area (Å²) < 4.78 is 11.9. The minimum absolute atomic E-state index is 0.0153. The number of benzene rings is 1. The van der Waals surface area contributed by atoms with E-state index in [0.29, 0.717) is 39.1 Å². The van der Waals surface area contributed by atoms with Gasteiger partial charge in [0.2, 0.25) is 5.91 Å². The predicted octanol–water partition coefficient (Wildman–Crippen LogP) is 2.31. The molecule has 1 saturated heterocycles. The highest BCUT2D eigenvalue weighted by molar-refractivity contribution is 9.10. The lowest BCUT2D eigenvalue weighted by Gasteiger charge is -2.32. The zero-order chi connectivity index (χ0) is 16.7. The Morgan fingerprint density at radius 1 is 1.43 bits per heavy atom. The molecule has 0 bridgehead atoms. The molecule has 1 unspecified atom stereocenters. The summed E-state index contributed by atoms with van der Waals surface area (Å²) in [5.41, 5.74) is 0. The monoisotopic (exact) mass is 385 g/mol. The molecule has 2 rings (SSSR count). The van der Waals surface area contributed by atoms with Crippen LogP contribution >= 0.6 is 15.9 Å². The van der Waals surface area contributed by atoms with Gasteiger partial charge in [-0.05, 0) is 24.6 Å². The molecule has 1 fully saturated rings. The largest absolute Gasteiger partial charge is 0.494 e. The summed E-state index contributed by atoms with van der Waals surface area (Å²) >= 11 is 3.37. The number of rotatable bonds is 7. The molecule has 1 N–H and O–H groups in total. The van der Waals surface area contributed by atoms with Crippen LogP contribution < -0.4 is 4.74 Å². The summed E-state index contributed by atoms with van der Waals surface area (Å²) in [5, 5.41) is 8.79. The molecule has 1 aromatic rings. The Bertz CT molecular complexity index is 551. The van der Waals surface area contributed by atoms with Gasteiger partial charge in [-0.3, -0.25) is 9.59 Å². The maximum absolute atomic E-state index is 12.2. The van der Waals surface area contributed by atoms with Crippen molar-refractivity contribution in [3.05, 3.63) is 28.7 Å². The van der Waals surface area contributed by atoms with E-state index in [1.165, 1.54) is 0 Å². The second-order valence-electron chi connectivity index (χ2n) is 5.34. The van der Waals surface area contributed by atoms with E-state index in [2.05, 4.69) is 15.9 Å². The molecule has 1 amide bonds. The van der Waals surface area contributed by atoms with E-state index < -0.39 is 12.1 Å². The van der Waals surface area contributed by atoms with Gasteiger partial charge in [0, 0.05) is 24.0 Å². The molecule has 1 aliphatic rings. The van der Waals surface area contributed by atoms with E-state index in [1.807, 2.05) is 24.3 Å². The number of ether oxygens (including phenoxy) is 2. The first-order chi connectivity index (χ1) is 11.0. The van der Waals surface area contributed by atoms with Crippen LogP contribution in [0.2, 0.25) is 0 Å². The number of nitrogens with zero attached hydrogens (tertiary/aromatic N) is 1. The minimum Gasteiger partial charge on any atom is -0.494 e. The Labute approximate surface area is 143 Å². The summed E-state index contributed by atoms with van der Waals surface area (Å²) in [4.78, 5) is 24.5. The Morgan fingerprint density at radius 2 is 2.26 bits per heavy atom. The summed E-state index contributed by atoms with van der Waals surface area (Å²) in [7, 11) is 0. The highest BCUT2D eigenvalue weighted by atomic mass is 79.9. The lowest BCUT2D eigenvalue weighted by atomic mass is 10.2. The lowest BCUT2D eigenvalue weighted by molar-refractivity contribution is -0.147. The molecular weight excluding hydrogens is 366 g/mol. The van der Waals surface area contributed by atoms with Crippen molar-refractivity contribution < 1.29 is 24.2 Å². The van der Waals surface area contributed by atoms with Gasteiger partial charge in [0.25, 0.3) is 0 Å². The van der Waals surface area contributed by atoms with Gasteiger partial charge >= 0.3 is 5.97 Å². The SMILES string of the molecule is O=C(O)CC1CN(C(=O)CCCOc2cccc(Br)c2)CCO1. The maximum Gasteiger partial charge on any atom is 0.306 e. The van der Waals surface area contributed by atoms with Crippen molar-refractivity contribution in [3.8, 4) is 5.75 Å². The van der Waals surface area contributed by atoms with Crippen molar-refractivity contribution in [1.29, 1.82) is 0 Å². The Balaban J connectivity index is 1.69. The standard InChI is InChI=1S/C16H20BrNO5/c17-12-3-1-4-13(9-12)22-7-2-5-15(19)18-6-8-23-14(11-18)10-16(20)21/h1,3-4,9,14H,2,5-8,10-11H2,(H,20,21). The van der Waals surface area contributed by atoms with Crippen LogP contribution in [-0.2, 0) is 14.3 Å². The number of carbonyl (C=O) groups is 2. The zero-order valence-electron chi connectivity index (χ0n) is 12.7. The number of carboxylic acids is 1. The average Bonchev–Trinajstić information content (AvgIpc) is 2.51. The molecule has 23 heavy (non-hydrogen) atoms. The third-order valence-corrected chi connectivity index (χ3v) is 3.99. The summed E-state index contributed by atoms with van der Waals surface area (Å²) in [6, 6.07) is 7.55. The zero-order valence-corrected chi connectivity index (χ0v) is 14.3. The van der Waals surface area contributed by atoms with E-state index in [-0.39, 0.29) is 12.3 Å². The number of halogens is 1. The molecule has 1 aliphatic heterocycles. The summed E-state index contributed by atoms with van der Waals surface area (Å²) in [6.45, 7) is 1.71. The van der Waals surface area contributed by atoms with Crippen LogP contribution in [0.4, 0.5) is 0 Å². The first-order valence-electron chi connectivity index (χ1n) is 7.54. The fourth-order valence-corrected chi connectivity index (χ4v) is 2.77. The molecule has 1 aromatic carbocycles. The molecular formula is C16H20BrNO5. The third kappa shape index (κ3) is 6.19. The van der Waals surface area contributed by atoms with Crippen molar-refractivity contribution in [2.45, 2.75) is 25.4 Å². The normalized spacial score (nSPS) is 17.8. The molecule has 0 radical (unpaired) electrons. The summed E-state index contributed by atoms with van der Waals surface area (Å²) in [6.07, 6.45) is 0.513. The van der Waals surface area contributed by atoms with Crippen molar-refractivity contribution in [1.82, 2.24) is 4.90 Å². The molecule has 1 atom stereocenters. The molecule has 0 aromatic heterocycles. The van der Waals surface area contributed by atoms with Crippen LogP contribution in [0, 0.1) is 0 Å². The third-order valence-electron chi connectivity index (χ3n) is 3.49. The average molecular weight is 386 g/mol. The number of carboxylic acid groups (broad SMARTS) is 1. The van der Waals surface area contributed by atoms with E-state index in [9.17, 15) is 9.59 Å². The number of carbonyl (C=O) groups excluding carboxylic acids is 1. The van der Waals surface area contributed by atoms with Crippen molar-refractivity contribution in [2.24, 2.45) is 0 Å². The quantitative estimate of drug-likeness (QED) is 0.728. The fourth-order valence-electron chi connectivity index (χ4n) is 2.39. The number of hydrogen-bond acceptors (Lipinski definition) is 4. The molecule has 0 spiro atoms. The van der Waals surface area contributed by atoms with Gasteiger partial charge in [0.1, 0.15) is 5.75 Å². The van der Waals surface area contributed by atoms with Crippen LogP contribution in [0.15, 0.2) is 28.7 Å². The van der Waals surface area contributed by atoms with Gasteiger partial charge in [-0.2, -0.15) is 0 Å². The minimum atomic E-state index is -0.910. The number of amides is 1. The molecule has 126 valence electrons. The molecule has 0 aliphatic carbocycles. The molecule has 1 heterocycles. The maximum atomic E-state index is 12.2. The van der Waals surface area contributed by atoms with Crippen LogP contribution in [0.5, 0.6) is 5.75 Å². The van der Waals surface area contributed by atoms with Gasteiger partial charge in [-0.1, -0.05) is 22.0 Å². The molecule has 0 saturated carbocycles. The Kier molecular flexibility index (Phi) is 6.85. The smallest absolute Gasteiger partial charge is 0.306 e. The highest BCUT2D eigenvalue weighted by Crippen LogP contribution is 2.18. The van der Waals surface area contributed by atoms with E-state index in [0.717, 1.165) is 10.2 Å². The van der Waals surface area contributed by atoms with Crippen molar-refractivity contribution in [3.63, 3.8) is 0 Å². The number of aliphatic carboxylic acids is 1. The first kappa shape index (κ1) is 17.7. The second kappa shape index (κ2) is 8.88. The van der Waals surface area contributed by atoms with E-state index >= 15 is 0 Å². The van der Waals surface area contributed by atoms with Gasteiger partial charge in [0.15, 0.2) is 0 Å². The topological polar surface area (TPSA) is 76.1 Å². The Hall–Kier alpha value is -1.60. The predicted molar refractivity (Wildman–Crippen MR) is 87.4 cm³/mol. The van der Waals surface area contributed by atoms with Crippen molar-refractivity contribution in [2.75, 3.05) is 26.3 Å². The lowest BCUT2D eigenvalue weighted by Crippen LogP contribution is -2.46. The van der Waals surface area contributed by atoms with Gasteiger partial charge in [-0.25, -0.2) is 0 Å². The Morgan fingerprint density at radius 3 is 3.00 bits per heavy atom. The van der Waals surface area contributed by atoms with Crippen LogP contribution in [-0.4, -0.2) is 54.3 Å². The van der Waals surface area contributed by atoms with Gasteiger partial charge < -0.3 is 19.5 Å². The summed E-state index contributed by atoms with van der Waals surface area (Å²) in [5.74, 6) is -0.132. The van der Waals surface area contributed by atoms with E-state index in [4.69, 9.17) is 14.6 Å². The molecule has 6 nitrogen and oxygen atoms in total. The van der Waals surface area contributed by atoms with Crippen LogP contribution in [0.3, 0.4) is 0 Å².